The molecular formula is C25H20F3N7O7S2. The summed E-state index contributed by atoms with van der Waals surface area (Å²) in [7, 11) is 0. The molecule has 1 fully saturated rings. The number of benzene rings is 2. The Balaban J connectivity index is 1.23. The first kappa shape index (κ1) is 31.0. The molecule has 2 amide bonds. The summed E-state index contributed by atoms with van der Waals surface area (Å²) in [6, 6.07) is 8.24. The molecule has 4 N–H and O–H groups in total. The molecule has 2 aromatic rings. The quantitative estimate of drug-likeness (QED) is 0.0900. The smallest absolute Gasteiger partial charge is 0.416 e. The van der Waals surface area contributed by atoms with Gasteiger partial charge < -0.3 is 19.8 Å². The first-order chi connectivity index (χ1) is 20.9. The van der Waals surface area contributed by atoms with E-state index in [1.54, 1.807) is 0 Å². The van der Waals surface area contributed by atoms with E-state index in [0.29, 0.717) is 11.6 Å². The zero-order valence-electron chi connectivity index (χ0n) is 22.0. The fourth-order valence-electron chi connectivity index (χ4n) is 4.06. The zero-order chi connectivity index (χ0) is 31.6. The molecule has 2 unspecified atom stereocenters. The monoisotopic (exact) mass is 651 g/mol. The van der Waals surface area contributed by atoms with E-state index in [0.717, 1.165) is 24.1 Å². The average Bonchev–Trinajstić information content (AvgIpc) is 3.45. The van der Waals surface area contributed by atoms with Crippen molar-refractivity contribution in [3.05, 3.63) is 81.5 Å². The van der Waals surface area contributed by atoms with Crippen LogP contribution in [-0.4, -0.2) is 61.8 Å². The summed E-state index contributed by atoms with van der Waals surface area (Å²) in [5.74, 6) is -4.31. The van der Waals surface area contributed by atoms with Crippen LogP contribution in [0, 0.1) is 10.1 Å². The van der Waals surface area contributed by atoms with Crippen LogP contribution >= 0.6 is 23.7 Å². The number of hydrogen-bond acceptors (Lipinski definition) is 13. The van der Waals surface area contributed by atoms with Crippen LogP contribution in [-0.2, 0) is 31.9 Å². The largest absolute Gasteiger partial charge is 0.457 e. The number of oxime groups is 1. The molecule has 1 saturated heterocycles. The van der Waals surface area contributed by atoms with Crippen molar-refractivity contribution in [1.82, 2.24) is 14.9 Å². The Hall–Kier alpha value is -4.46. The molecule has 0 bridgehead atoms. The van der Waals surface area contributed by atoms with Gasteiger partial charge in [0, 0.05) is 24.1 Å². The van der Waals surface area contributed by atoms with Crippen molar-refractivity contribution in [2.24, 2.45) is 15.9 Å². The number of non-ortho nitro benzene ring substituents is 1. The highest BCUT2D eigenvalue weighted by atomic mass is 32.2. The summed E-state index contributed by atoms with van der Waals surface area (Å²) in [5, 5.41) is 16.4. The second kappa shape index (κ2) is 12.3. The van der Waals surface area contributed by atoms with Gasteiger partial charge in [-0.25, -0.2) is 14.5 Å². The Morgan fingerprint density at radius 1 is 1.27 bits per heavy atom. The summed E-state index contributed by atoms with van der Waals surface area (Å²) in [6.45, 7) is -0.144. The lowest BCUT2D eigenvalue weighted by Gasteiger charge is -2.47. The minimum atomic E-state index is -4.64. The maximum absolute atomic E-state index is 13.2. The van der Waals surface area contributed by atoms with Crippen LogP contribution in [0.15, 0.2) is 70.5 Å². The Morgan fingerprint density at radius 2 is 2.02 bits per heavy atom. The lowest BCUT2D eigenvalue weighted by atomic mass is 10.1. The van der Waals surface area contributed by atoms with E-state index in [2.05, 4.69) is 20.2 Å². The van der Waals surface area contributed by atoms with Crippen molar-refractivity contribution in [3.63, 3.8) is 0 Å². The second-order valence-corrected chi connectivity index (χ2v) is 11.1. The standard InChI is InChI=1S/C25H20F3N7O7S2/c26-24(27,28)15-2-1-3-17(8-15)42-32-19(25(29)30-12-44-33-25)20(36)31-18-21(37)34-9-14(11-43-22(18)34)23(38)41-10-13-4-6-16(7-5-13)35(39)40/h1-9,12,18,22,33H,10-11,29H2,(H,31,36)/t18?,22-,25?/m1/s1. The Bertz CT molecular complexity index is 1600. The molecule has 0 radical (unpaired) electrons. The third-order valence-electron chi connectivity index (χ3n) is 6.35. The summed E-state index contributed by atoms with van der Waals surface area (Å²) in [6.07, 6.45) is -3.32. The number of carbonyl (C=O) groups is 3. The second-order valence-electron chi connectivity index (χ2n) is 9.33. The number of halogens is 3. The lowest BCUT2D eigenvalue weighted by Crippen LogP contribution is -2.70. The van der Waals surface area contributed by atoms with Gasteiger partial charge in [-0.15, -0.1) is 11.8 Å². The maximum Gasteiger partial charge on any atom is 0.416 e. The van der Waals surface area contributed by atoms with Crippen LogP contribution in [0.2, 0.25) is 0 Å². The summed E-state index contributed by atoms with van der Waals surface area (Å²) >= 11 is 2.10. The number of aliphatic imine (C=N–C) groups is 1. The summed E-state index contributed by atoms with van der Waals surface area (Å²) in [4.78, 5) is 59.3. The fraction of sp³-hybridized carbons (Fsp3) is 0.240. The average molecular weight is 652 g/mol. The summed E-state index contributed by atoms with van der Waals surface area (Å²) < 4.78 is 47.1. The molecule has 230 valence electrons. The molecule has 3 heterocycles. The minimum absolute atomic E-state index is 0.107. The van der Waals surface area contributed by atoms with Crippen LogP contribution in [0.1, 0.15) is 11.1 Å². The Labute approximate surface area is 254 Å². The topological polar surface area (TPSA) is 191 Å². The van der Waals surface area contributed by atoms with E-state index >= 15 is 0 Å². The number of fused-ring (bicyclic) bond motifs is 1. The van der Waals surface area contributed by atoms with Crippen LogP contribution in [0.25, 0.3) is 0 Å². The number of nitro benzene ring substituents is 1. The molecule has 3 atom stereocenters. The van der Waals surface area contributed by atoms with Crippen LogP contribution in [0.4, 0.5) is 18.9 Å². The Kier molecular flexibility index (Phi) is 8.64. The molecule has 0 aliphatic carbocycles. The SMILES string of the molecule is NC1(C(=NOc2cccc(C(F)(F)F)c2)C(=O)NC2C(=O)N3C=C(C(=O)OCc4ccc([N+](=O)[O-])cc4)CS[C@H]23)N=CSN1. The number of esters is 1. The molecule has 3 aliphatic heterocycles. The van der Waals surface area contributed by atoms with Crippen molar-refractivity contribution in [1.29, 1.82) is 0 Å². The molecule has 0 saturated carbocycles. The van der Waals surface area contributed by atoms with Gasteiger partial charge in [0.2, 0.25) is 11.5 Å². The normalized spacial score (nSPS) is 22.9. The van der Waals surface area contributed by atoms with Gasteiger partial charge in [0.15, 0.2) is 5.75 Å². The van der Waals surface area contributed by atoms with Gasteiger partial charge >= 0.3 is 12.1 Å². The number of β-lactam (4-membered cyclic amide) rings is 1. The number of carbonyl (C=O) groups excluding carboxylic acids is 3. The van der Waals surface area contributed by atoms with E-state index in [9.17, 15) is 37.7 Å². The van der Waals surface area contributed by atoms with Crippen molar-refractivity contribution in [2.75, 3.05) is 5.75 Å². The molecule has 19 heteroatoms. The van der Waals surface area contributed by atoms with Gasteiger partial charge in [0.1, 0.15) is 18.0 Å². The highest BCUT2D eigenvalue weighted by molar-refractivity contribution is 8.10. The molecule has 3 aliphatic rings. The third kappa shape index (κ3) is 6.54. The number of rotatable bonds is 9. The van der Waals surface area contributed by atoms with E-state index < -0.39 is 57.4 Å². The van der Waals surface area contributed by atoms with Crippen molar-refractivity contribution >= 4 is 58.4 Å². The number of nitrogens with zero attached hydrogens (tertiary/aromatic N) is 4. The zero-order valence-corrected chi connectivity index (χ0v) is 23.6. The van der Waals surface area contributed by atoms with Gasteiger partial charge in [-0.2, -0.15) is 13.2 Å². The van der Waals surface area contributed by atoms with E-state index in [4.69, 9.17) is 15.3 Å². The number of amides is 2. The van der Waals surface area contributed by atoms with Gasteiger partial charge in [-0.1, -0.05) is 11.2 Å². The maximum atomic E-state index is 13.2. The predicted octanol–water partition coefficient (Wildman–Crippen LogP) is 2.27. The highest BCUT2D eigenvalue weighted by Crippen LogP contribution is 2.37. The molecule has 0 spiro atoms. The molecule has 14 nitrogen and oxygen atoms in total. The van der Waals surface area contributed by atoms with Crippen LogP contribution in [0.5, 0.6) is 5.75 Å². The first-order valence-corrected chi connectivity index (χ1v) is 14.3. The van der Waals surface area contributed by atoms with Crippen molar-refractivity contribution < 1.29 is 42.1 Å². The van der Waals surface area contributed by atoms with Gasteiger partial charge in [0.25, 0.3) is 17.5 Å². The van der Waals surface area contributed by atoms with E-state index in [1.807, 2.05) is 0 Å². The highest BCUT2D eigenvalue weighted by Gasteiger charge is 2.51. The number of nitrogens with one attached hydrogen (secondary N) is 2. The lowest BCUT2D eigenvalue weighted by molar-refractivity contribution is -0.384. The molecule has 0 aromatic heterocycles. The third-order valence-corrected chi connectivity index (χ3v) is 8.31. The summed E-state index contributed by atoms with van der Waals surface area (Å²) in [5.41, 5.74) is 6.47. The molecule has 5 rings (SSSR count). The minimum Gasteiger partial charge on any atom is -0.457 e. The number of ether oxygens (including phenoxy) is 1. The predicted molar refractivity (Wildman–Crippen MR) is 152 cm³/mol. The molecule has 44 heavy (non-hydrogen) atoms. The molecular weight excluding hydrogens is 631 g/mol. The van der Waals surface area contributed by atoms with Gasteiger partial charge in [-0.05, 0) is 47.8 Å². The fourth-order valence-corrected chi connectivity index (χ4v) is 5.91. The van der Waals surface area contributed by atoms with Gasteiger partial charge in [-0.3, -0.25) is 25.4 Å². The Morgan fingerprint density at radius 3 is 2.68 bits per heavy atom. The van der Waals surface area contributed by atoms with Gasteiger partial charge in [0.05, 0.1) is 21.6 Å². The number of nitro groups is 1. The van der Waals surface area contributed by atoms with E-state index in [-0.39, 0.29) is 29.4 Å². The van der Waals surface area contributed by atoms with Crippen molar-refractivity contribution in [2.45, 2.75) is 30.0 Å². The number of alkyl halides is 3. The van der Waals surface area contributed by atoms with E-state index in [1.165, 1.54) is 58.7 Å². The van der Waals surface area contributed by atoms with Crippen molar-refractivity contribution in [3.8, 4) is 5.75 Å². The van der Waals surface area contributed by atoms with Crippen LogP contribution in [0.3, 0.4) is 0 Å². The first-order valence-electron chi connectivity index (χ1n) is 12.4. The number of nitrogens with two attached hydrogens (primary N) is 1. The number of hydrogen-bond donors (Lipinski definition) is 3. The molecule has 2 aromatic carbocycles. The number of thioether (sulfide) groups is 1. The van der Waals surface area contributed by atoms with Crippen LogP contribution < -0.4 is 20.6 Å².